The monoisotopic (exact) mass is 464 g/mol. The quantitative estimate of drug-likeness (QED) is 0.346. The molecule has 0 aliphatic rings. The van der Waals surface area contributed by atoms with E-state index >= 15 is 0 Å². The van der Waals surface area contributed by atoms with Gasteiger partial charge in [0.05, 0.1) is 13.1 Å². The van der Waals surface area contributed by atoms with Crippen LogP contribution in [-0.4, -0.2) is 27.1 Å². The molecule has 26 heavy (non-hydrogen) atoms. The normalized spacial score (nSPS) is 11.3. The lowest BCUT2D eigenvalue weighted by Gasteiger charge is -2.11. The lowest BCUT2D eigenvalue weighted by molar-refractivity contribution is 0.765. The van der Waals surface area contributed by atoms with Crippen LogP contribution in [0.4, 0.5) is 0 Å². The maximum atomic E-state index is 4.69. The van der Waals surface area contributed by atoms with E-state index in [-0.39, 0.29) is 24.0 Å². The van der Waals surface area contributed by atoms with Crippen LogP contribution in [-0.2, 0) is 13.1 Å². The summed E-state index contributed by atoms with van der Waals surface area (Å²) in [4.78, 5) is 4.69. The summed E-state index contributed by atoms with van der Waals surface area (Å²) in [7, 11) is 0. The van der Waals surface area contributed by atoms with Gasteiger partial charge in [-0.3, -0.25) is 4.40 Å². The maximum Gasteiger partial charge on any atom is 0.191 e. The third-order valence-electron chi connectivity index (χ3n) is 4.05. The van der Waals surface area contributed by atoms with Crippen LogP contribution in [0.2, 0.25) is 0 Å². The molecule has 138 valence electrons. The molecule has 6 nitrogen and oxygen atoms in total. The summed E-state index contributed by atoms with van der Waals surface area (Å²) in [5.74, 6) is 1.63. The Labute approximate surface area is 171 Å². The van der Waals surface area contributed by atoms with E-state index in [0.29, 0.717) is 13.1 Å². The minimum absolute atomic E-state index is 0. The van der Waals surface area contributed by atoms with Gasteiger partial charge in [0.25, 0.3) is 0 Å². The summed E-state index contributed by atoms with van der Waals surface area (Å²) in [6.07, 6.45) is 1.96. The van der Waals surface area contributed by atoms with Gasteiger partial charge in [0, 0.05) is 12.7 Å². The molecule has 0 radical (unpaired) electrons. The van der Waals surface area contributed by atoms with Crippen molar-refractivity contribution < 1.29 is 0 Å². The van der Waals surface area contributed by atoms with Gasteiger partial charge in [0.1, 0.15) is 0 Å². The number of rotatable bonds is 5. The second kappa shape index (κ2) is 9.51. The van der Waals surface area contributed by atoms with Crippen molar-refractivity contribution in [3.63, 3.8) is 0 Å². The van der Waals surface area contributed by atoms with Gasteiger partial charge in [0.15, 0.2) is 17.4 Å². The number of guanidine groups is 1. The van der Waals surface area contributed by atoms with Gasteiger partial charge in [-0.1, -0.05) is 29.8 Å². The second-order valence-corrected chi connectivity index (χ2v) is 6.02. The van der Waals surface area contributed by atoms with Gasteiger partial charge < -0.3 is 10.6 Å². The molecular formula is C19H25IN6. The molecule has 0 saturated carbocycles. The Balaban J connectivity index is 0.00000243. The van der Waals surface area contributed by atoms with Gasteiger partial charge in [-0.05, 0) is 44.0 Å². The highest BCUT2D eigenvalue weighted by Gasteiger charge is 2.06. The Hall–Kier alpha value is -2.16. The molecular weight excluding hydrogens is 439 g/mol. The molecule has 1 aromatic carbocycles. The number of fused-ring (bicyclic) bond motifs is 1. The zero-order valence-corrected chi connectivity index (χ0v) is 17.7. The molecule has 0 aliphatic carbocycles. The number of benzene rings is 1. The smallest absolute Gasteiger partial charge is 0.191 e. The molecule has 3 aromatic rings. The Morgan fingerprint density at radius 3 is 2.73 bits per heavy atom. The van der Waals surface area contributed by atoms with Crippen molar-refractivity contribution in [1.29, 1.82) is 0 Å². The highest BCUT2D eigenvalue weighted by molar-refractivity contribution is 14.0. The molecule has 2 aromatic heterocycles. The lowest BCUT2D eigenvalue weighted by Crippen LogP contribution is -2.37. The first-order chi connectivity index (χ1) is 12.2. The fourth-order valence-electron chi connectivity index (χ4n) is 2.70. The van der Waals surface area contributed by atoms with Crippen LogP contribution in [0.25, 0.3) is 5.65 Å². The molecule has 0 amide bonds. The third kappa shape index (κ3) is 4.94. The van der Waals surface area contributed by atoms with Crippen LogP contribution in [0.15, 0.2) is 47.6 Å². The predicted octanol–water partition coefficient (Wildman–Crippen LogP) is 3.22. The fraction of sp³-hybridized carbons (Fsp3) is 0.316. The van der Waals surface area contributed by atoms with E-state index in [1.807, 2.05) is 28.8 Å². The van der Waals surface area contributed by atoms with E-state index < -0.39 is 0 Å². The number of hydrogen-bond acceptors (Lipinski definition) is 3. The van der Waals surface area contributed by atoms with Gasteiger partial charge in [-0.15, -0.1) is 34.2 Å². The Kier molecular flexibility index (Phi) is 7.38. The van der Waals surface area contributed by atoms with Crippen molar-refractivity contribution in [2.45, 2.75) is 33.9 Å². The average molecular weight is 464 g/mol. The summed E-state index contributed by atoms with van der Waals surface area (Å²) >= 11 is 0. The van der Waals surface area contributed by atoms with Gasteiger partial charge in [0.2, 0.25) is 0 Å². The highest BCUT2D eigenvalue weighted by atomic mass is 127. The summed E-state index contributed by atoms with van der Waals surface area (Å²) in [5, 5.41) is 15.0. The molecule has 2 N–H and O–H groups in total. The number of nitrogens with zero attached hydrogens (tertiary/aromatic N) is 4. The summed E-state index contributed by atoms with van der Waals surface area (Å²) < 4.78 is 1.97. The summed E-state index contributed by atoms with van der Waals surface area (Å²) in [6.45, 7) is 8.29. The van der Waals surface area contributed by atoms with E-state index in [0.717, 1.165) is 24.0 Å². The number of hydrogen-bond donors (Lipinski definition) is 2. The Morgan fingerprint density at radius 2 is 1.96 bits per heavy atom. The SMILES string of the molecule is CCNC(=NCc1ccc(C)cc1C)NCc1nnc2ccccn12.I. The predicted molar refractivity (Wildman–Crippen MR) is 116 cm³/mol. The minimum atomic E-state index is 0. The molecule has 0 fully saturated rings. The first kappa shape index (κ1) is 20.2. The molecule has 0 unspecified atom stereocenters. The topological polar surface area (TPSA) is 66.6 Å². The molecule has 0 atom stereocenters. The van der Waals surface area contributed by atoms with Crippen molar-refractivity contribution in [1.82, 2.24) is 25.2 Å². The number of aromatic nitrogens is 3. The molecule has 0 aliphatic heterocycles. The van der Waals surface area contributed by atoms with Crippen molar-refractivity contribution in [3.8, 4) is 0 Å². The average Bonchev–Trinajstić information content (AvgIpc) is 3.02. The molecule has 0 spiro atoms. The number of halogens is 1. The fourth-order valence-corrected chi connectivity index (χ4v) is 2.70. The van der Waals surface area contributed by atoms with Gasteiger partial charge in [-0.25, -0.2) is 4.99 Å². The Bertz CT molecular complexity index is 887. The minimum Gasteiger partial charge on any atom is -0.357 e. The third-order valence-corrected chi connectivity index (χ3v) is 4.05. The largest absolute Gasteiger partial charge is 0.357 e. The molecule has 7 heteroatoms. The van der Waals surface area contributed by atoms with Crippen LogP contribution in [0.5, 0.6) is 0 Å². The number of aliphatic imine (C=N–C) groups is 1. The van der Waals surface area contributed by atoms with E-state index in [2.05, 4.69) is 59.8 Å². The van der Waals surface area contributed by atoms with Crippen molar-refractivity contribution in [3.05, 3.63) is 65.1 Å². The molecule has 0 saturated heterocycles. The van der Waals surface area contributed by atoms with Crippen molar-refractivity contribution in [2.75, 3.05) is 6.54 Å². The Morgan fingerprint density at radius 1 is 1.12 bits per heavy atom. The zero-order valence-electron chi connectivity index (χ0n) is 15.4. The van der Waals surface area contributed by atoms with Crippen LogP contribution >= 0.6 is 24.0 Å². The van der Waals surface area contributed by atoms with Crippen molar-refractivity contribution in [2.24, 2.45) is 4.99 Å². The lowest BCUT2D eigenvalue weighted by atomic mass is 10.1. The van der Waals surface area contributed by atoms with E-state index in [1.165, 1.54) is 16.7 Å². The molecule has 0 bridgehead atoms. The highest BCUT2D eigenvalue weighted by Crippen LogP contribution is 2.11. The first-order valence-corrected chi connectivity index (χ1v) is 8.54. The summed E-state index contributed by atoms with van der Waals surface area (Å²) in [5.41, 5.74) is 4.62. The van der Waals surface area contributed by atoms with Crippen molar-refractivity contribution >= 4 is 35.6 Å². The number of pyridine rings is 1. The summed E-state index contributed by atoms with van der Waals surface area (Å²) in [6, 6.07) is 12.3. The zero-order chi connectivity index (χ0) is 17.6. The van der Waals surface area contributed by atoms with E-state index in [1.54, 1.807) is 0 Å². The first-order valence-electron chi connectivity index (χ1n) is 8.54. The van der Waals surface area contributed by atoms with Gasteiger partial charge in [-0.2, -0.15) is 0 Å². The van der Waals surface area contributed by atoms with Crippen LogP contribution in [0.3, 0.4) is 0 Å². The second-order valence-electron chi connectivity index (χ2n) is 6.02. The number of nitrogens with one attached hydrogen (secondary N) is 2. The maximum absolute atomic E-state index is 4.69. The number of aryl methyl sites for hydroxylation is 2. The standard InChI is InChI=1S/C19H24N6.HI/c1-4-20-19(21-12-16-9-8-14(2)11-15(16)3)22-13-18-24-23-17-7-5-6-10-25(17)18;/h5-11H,4,12-13H2,1-3H3,(H2,20,21,22);1H. The van der Waals surface area contributed by atoms with Crippen LogP contribution in [0.1, 0.15) is 29.4 Å². The molecule has 3 rings (SSSR count). The van der Waals surface area contributed by atoms with Crippen LogP contribution in [0, 0.1) is 13.8 Å². The molecule has 2 heterocycles. The van der Waals surface area contributed by atoms with E-state index in [4.69, 9.17) is 4.99 Å². The van der Waals surface area contributed by atoms with Crippen LogP contribution < -0.4 is 10.6 Å². The van der Waals surface area contributed by atoms with E-state index in [9.17, 15) is 0 Å². The van der Waals surface area contributed by atoms with Gasteiger partial charge >= 0.3 is 0 Å².